The number of carboxylic acid groups (broad SMARTS) is 1. The van der Waals surface area contributed by atoms with Crippen molar-refractivity contribution in [2.75, 3.05) is 13.1 Å². The van der Waals surface area contributed by atoms with Crippen molar-refractivity contribution in [1.82, 2.24) is 10.6 Å². The van der Waals surface area contributed by atoms with Crippen LogP contribution in [-0.2, 0) is 14.3 Å². The Hall–Kier alpha value is -2.98. The molecule has 0 radical (unpaired) electrons. The first-order valence-corrected chi connectivity index (χ1v) is 9.38. The number of hydrogen-bond acceptors (Lipinski definition) is 7. The van der Waals surface area contributed by atoms with E-state index in [9.17, 15) is 19.5 Å². The minimum atomic E-state index is -2.51. The molecule has 1 unspecified atom stereocenters. The SMILES string of the molecule is NC(CCCC(=O)C(NC(=O)c1ccccc1)(OC1CCNCC1)C(=O)O)=NO. The van der Waals surface area contributed by atoms with Crippen molar-refractivity contribution < 1.29 is 29.4 Å². The van der Waals surface area contributed by atoms with Crippen molar-refractivity contribution in [3.05, 3.63) is 35.9 Å². The smallest absolute Gasteiger partial charge is 0.365 e. The molecule has 2 rings (SSSR count). The summed E-state index contributed by atoms with van der Waals surface area (Å²) in [4.78, 5) is 37.8. The highest BCUT2D eigenvalue weighted by atomic mass is 16.6. The van der Waals surface area contributed by atoms with E-state index >= 15 is 0 Å². The van der Waals surface area contributed by atoms with Crippen LogP contribution in [0.4, 0.5) is 0 Å². The Morgan fingerprint density at radius 1 is 1.21 bits per heavy atom. The molecule has 0 saturated carbocycles. The van der Waals surface area contributed by atoms with E-state index in [1.54, 1.807) is 18.2 Å². The molecule has 0 aromatic heterocycles. The molecule has 0 spiro atoms. The number of nitrogens with two attached hydrogens (primary N) is 1. The van der Waals surface area contributed by atoms with Crippen molar-refractivity contribution in [1.29, 1.82) is 0 Å². The zero-order valence-corrected chi connectivity index (χ0v) is 16.0. The molecule has 29 heavy (non-hydrogen) atoms. The number of oxime groups is 1. The minimum Gasteiger partial charge on any atom is -0.477 e. The van der Waals surface area contributed by atoms with Gasteiger partial charge in [0, 0.05) is 18.4 Å². The number of nitrogens with one attached hydrogen (secondary N) is 2. The zero-order chi connectivity index (χ0) is 21.3. The highest BCUT2D eigenvalue weighted by molar-refractivity contribution is 6.10. The molecule has 0 aliphatic carbocycles. The number of Topliss-reactive ketones (excluding diaryl/α,β-unsaturated/α-hetero) is 1. The number of carboxylic acids is 1. The van der Waals surface area contributed by atoms with Gasteiger partial charge in [-0.05, 0) is 44.5 Å². The molecule has 158 valence electrons. The molecule has 1 aliphatic rings. The second-order valence-corrected chi connectivity index (χ2v) is 6.74. The van der Waals surface area contributed by atoms with E-state index < -0.39 is 29.5 Å². The number of ketones is 1. The Morgan fingerprint density at radius 2 is 1.86 bits per heavy atom. The summed E-state index contributed by atoms with van der Waals surface area (Å²) in [5, 5.41) is 26.8. The van der Waals surface area contributed by atoms with E-state index in [4.69, 9.17) is 15.7 Å². The summed E-state index contributed by atoms with van der Waals surface area (Å²) in [5.41, 5.74) is 3.09. The molecule has 1 amide bonds. The third-order valence-corrected chi connectivity index (χ3v) is 4.61. The molecule has 6 N–H and O–H groups in total. The van der Waals surface area contributed by atoms with Gasteiger partial charge in [0.1, 0.15) is 5.84 Å². The third kappa shape index (κ3) is 6.00. The number of piperidine rings is 1. The number of aliphatic carboxylic acids is 1. The summed E-state index contributed by atoms with van der Waals surface area (Å²) < 4.78 is 5.75. The van der Waals surface area contributed by atoms with Crippen molar-refractivity contribution in [3.63, 3.8) is 0 Å². The number of amidine groups is 1. The maximum atomic E-state index is 12.9. The number of benzene rings is 1. The first-order chi connectivity index (χ1) is 13.9. The molecular weight excluding hydrogens is 380 g/mol. The zero-order valence-electron chi connectivity index (χ0n) is 16.0. The van der Waals surface area contributed by atoms with Gasteiger partial charge >= 0.3 is 11.7 Å². The van der Waals surface area contributed by atoms with Crippen LogP contribution in [0, 0.1) is 0 Å². The highest BCUT2D eigenvalue weighted by Crippen LogP contribution is 2.22. The van der Waals surface area contributed by atoms with Crippen LogP contribution in [0.25, 0.3) is 0 Å². The Bertz CT molecular complexity index is 748. The quantitative estimate of drug-likeness (QED) is 0.0933. The van der Waals surface area contributed by atoms with Crippen LogP contribution in [0.15, 0.2) is 35.5 Å². The largest absolute Gasteiger partial charge is 0.477 e. The monoisotopic (exact) mass is 406 g/mol. The van der Waals surface area contributed by atoms with Gasteiger partial charge in [-0.1, -0.05) is 23.4 Å². The lowest BCUT2D eigenvalue weighted by atomic mass is 10.00. The van der Waals surface area contributed by atoms with Crippen molar-refractivity contribution in [2.45, 2.75) is 43.9 Å². The molecular formula is C19H26N4O6. The molecule has 1 aromatic rings. The van der Waals surface area contributed by atoms with Crippen LogP contribution < -0.4 is 16.4 Å². The predicted octanol–water partition coefficient (Wildman–Crippen LogP) is 0.452. The van der Waals surface area contributed by atoms with Gasteiger partial charge < -0.3 is 31.4 Å². The number of nitrogens with zero attached hydrogens (tertiary/aromatic N) is 1. The Balaban J connectivity index is 2.25. The molecule has 1 aromatic carbocycles. The summed E-state index contributed by atoms with van der Waals surface area (Å²) in [6, 6.07) is 7.99. The average molecular weight is 406 g/mol. The van der Waals surface area contributed by atoms with Gasteiger partial charge in [0.25, 0.3) is 5.91 Å². The summed E-state index contributed by atoms with van der Waals surface area (Å²) in [7, 11) is 0. The minimum absolute atomic E-state index is 0.0775. The van der Waals surface area contributed by atoms with Crippen LogP contribution in [-0.4, -0.2) is 58.7 Å². The number of carbonyl (C=O) groups excluding carboxylic acids is 2. The van der Waals surface area contributed by atoms with E-state index in [0.717, 1.165) is 0 Å². The second-order valence-electron chi connectivity index (χ2n) is 6.74. The van der Waals surface area contributed by atoms with E-state index in [1.165, 1.54) is 12.1 Å². The Kier molecular flexibility index (Phi) is 8.10. The van der Waals surface area contributed by atoms with Gasteiger partial charge in [0.2, 0.25) is 0 Å². The molecule has 1 heterocycles. The van der Waals surface area contributed by atoms with Gasteiger partial charge in [-0.25, -0.2) is 4.79 Å². The third-order valence-electron chi connectivity index (χ3n) is 4.61. The Labute approximate surface area is 168 Å². The fourth-order valence-corrected chi connectivity index (χ4v) is 3.03. The molecule has 1 fully saturated rings. The normalized spacial score (nSPS) is 17.3. The van der Waals surface area contributed by atoms with Crippen LogP contribution in [0.2, 0.25) is 0 Å². The molecule has 10 heteroatoms. The Morgan fingerprint density at radius 3 is 2.45 bits per heavy atom. The lowest BCUT2D eigenvalue weighted by Gasteiger charge is -2.34. The topological polar surface area (TPSA) is 163 Å². The number of hydrogen-bond donors (Lipinski definition) is 5. The van der Waals surface area contributed by atoms with Crippen molar-refractivity contribution in [2.24, 2.45) is 10.9 Å². The number of rotatable bonds is 10. The lowest BCUT2D eigenvalue weighted by molar-refractivity contribution is -0.185. The maximum Gasteiger partial charge on any atom is 0.365 e. The van der Waals surface area contributed by atoms with Gasteiger partial charge in [-0.3, -0.25) is 9.59 Å². The second kappa shape index (κ2) is 10.5. The summed E-state index contributed by atoms with van der Waals surface area (Å²) in [6.07, 6.45) is 0.513. The molecule has 1 atom stereocenters. The maximum absolute atomic E-state index is 12.9. The lowest BCUT2D eigenvalue weighted by Crippen LogP contribution is -2.63. The predicted molar refractivity (Wildman–Crippen MR) is 104 cm³/mol. The van der Waals surface area contributed by atoms with E-state index in [1.807, 2.05) is 0 Å². The van der Waals surface area contributed by atoms with Crippen LogP contribution >= 0.6 is 0 Å². The number of ether oxygens (including phenoxy) is 1. The van der Waals surface area contributed by atoms with Gasteiger partial charge in [-0.15, -0.1) is 0 Å². The van der Waals surface area contributed by atoms with E-state index in [0.29, 0.717) is 25.9 Å². The van der Waals surface area contributed by atoms with Gasteiger partial charge in [0.15, 0.2) is 5.78 Å². The van der Waals surface area contributed by atoms with E-state index in [-0.39, 0.29) is 30.7 Å². The standard InChI is InChI=1S/C19H26N4O6/c20-16(23-28)8-4-7-15(24)19(18(26)27,29-14-9-11-21-12-10-14)22-17(25)13-5-2-1-3-6-13/h1-3,5-6,14,21,28H,4,7-12H2,(H2,20,23)(H,22,25)(H,26,27). The summed E-state index contributed by atoms with van der Waals surface area (Å²) in [5.74, 6) is -3.20. The average Bonchev–Trinajstić information content (AvgIpc) is 2.74. The number of amides is 1. The molecule has 0 bridgehead atoms. The van der Waals surface area contributed by atoms with Crippen LogP contribution in [0.5, 0.6) is 0 Å². The highest BCUT2D eigenvalue weighted by Gasteiger charge is 2.50. The van der Waals surface area contributed by atoms with Crippen LogP contribution in [0.1, 0.15) is 42.5 Å². The van der Waals surface area contributed by atoms with Gasteiger partial charge in [-0.2, -0.15) is 0 Å². The fraction of sp³-hybridized carbons (Fsp3) is 0.474. The molecule has 1 aliphatic heterocycles. The first kappa shape index (κ1) is 22.3. The van der Waals surface area contributed by atoms with Crippen molar-refractivity contribution in [3.8, 4) is 0 Å². The summed E-state index contributed by atoms with van der Waals surface area (Å²) >= 11 is 0. The number of carbonyl (C=O) groups is 3. The van der Waals surface area contributed by atoms with E-state index in [2.05, 4.69) is 15.8 Å². The molecule has 1 saturated heterocycles. The van der Waals surface area contributed by atoms with Crippen LogP contribution in [0.3, 0.4) is 0 Å². The fourth-order valence-electron chi connectivity index (χ4n) is 3.03. The van der Waals surface area contributed by atoms with Crippen molar-refractivity contribution >= 4 is 23.5 Å². The summed E-state index contributed by atoms with van der Waals surface area (Å²) in [6.45, 7) is 1.23. The molecule has 10 nitrogen and oxygen atoms in total. The van der Waals surface area contributed by atoms with Gasteiger partial charge in [0.05, 0.1) is 6.10 Å². The first-order valence-electron chi connectivity index (χ1n) is 9.38.